The minimum absolute atomic E-state index is 0.318. The molecular formula is C18H28N2. The minimum Gasteiger partial charge on any atom is -0.350 e. The SMILES string of the molecule is Cc1cc(C)c(C)c(N2[C@@H](C)N3CCC2(C)CC3C)c1. The Hall–Kier alpha value is -1.02. The summed E-state index contributed by atoms with van der Waals surface area (Å²) >= 11 is 0. The van der Waals surface area contributed by atoms with Gasteiger partial charge in [0.05, 0.1) is 6.17 Å². The van der Waals surface area contributed by atoms with Crippen molar-refractivity contribution in [1.82, 2.24) is 4.90 Å². The molecule has 2 bridgehead atoms. The predicted molar refractivity (Wildman–Crippen MR) is 86.4 cm³/mol. The zero-order valence-electron chi connectivity index (χ0n) is 13.8. The third-order valence-corrected chi connectivity index (χ3v) is 5.69. The number of aryl methyl sites for hydroxylation is 2. The number of hydrogen-bond acceptors (Lipinski definition) is 2. The van der Waals surface area contributed by atoms with Crippen LogP contribution in [0.3, 0.4) is 0 Å². The molecule has 3 saturated heterocycles. The van der Waals surface area contributed by atoms with Gasteiger partial charge in [-0.05, 0) is 77.1 Å². The maximum atomic E-state index is 2.70. The second kappa shape index (κ2) is 4.49. The first-order chi connectivity index (χ1) is 9.33. The number of anilines is 1. The Morgan fingerprint density at radius 3 is 2.45 bits per heavy atom. The largest absolute Gasteiger partial charge is 0.350 e. The molecule has 0 aliphatic carbocycles. The molecule has 20 heavy (non-hydrogen) atoms. The molecule has 0 N–H and O–H groups in total. The summed E-state index contributed by atoms with van der Waals surface area (Å²) in [5.74, 6) is 0. The van der Waals surface area contributed by atoms with Gasteiger partial charge in [0.25, 0.3) is 0 Å². The topological polar surface area (TPSA) is 6.48 Å². The maximum absolute atomic E-state index is 2.70. The Labute approximate surface area is 123 Å². The highest BCUT2D eigenvalue weighted by Gasteiger charge is 2.49. The van der Waals surface area contributed by atoms with Crippen molar-refractivity contribution < 1.29 is 0 Å². The van der Waals surface area contributed by atoms with Gasteiger partial charge in [-0.3, -0.25) is 4.90 Å². The lowest BCUT2D eigenvalue weighted by atomic mass is 9.78. The average Bonchev–Trinajstić information content (AvgIpc) is 2.33. The first-order valence-corrected chi connectivity index (χ1v) is 7.96. The van der Waals surface area contributed by atoms with Gasteiger partial charge in [-0.2, -0.15) is 0 Å². The fourth-order valence-corrected chi connectivity index (χ4v) is 4.58. The molecule has 110 valence electrons. The predicted octanol–water partition coefficient (Wildman–Crippen LogP) is 4.02. The van der Waals surface area contributed by atoms with Crippen molar-refractivity contribution in [1.29, 1.82) is 0 Å². The van der Waals surface area contributed by atoms with E-state index in [0.29, 0.717) is 17.7 Å². The summed E-state index contributed by atoms with van der Waals surface area (Å²) in [6.45, 7) is 15.2. The van der Waals surface area contributed by atoms with Crippen LogP contribution in [0.5, 0.6) is 0 Å². The molecule has 3 heterocycles. The molecule has 1 aromatic rings. The number of benzene rings is 1. The molecule has 0 amide bonds. The molecule has 4 atom stereocenters. The van der Waals surface area contributed by atoms with E-state index in [4.69, 9.17) is 0 Å². The molecule has 0 spiro atoms. The highest BCUT2D eigenvalue weighted by Crippen LogP contribution is 2.45. The second-order valence-corrected chi connectivity index (χ2v) is 7.27. The smallest absolute Gasteiger partial charge is 0.0800 e. The molecule has 3 fully saturated rings. The first kappa shape index (κ1) is 13.9. The van der Waals surface area contributed by atoms with E-state index in [1.165, 1.54) is 41.8 Å². The van der Waals surface area contributed by atoms with Crippen LogP contribution >= 0.6 is 0 Å². The van der Waals surface area contributed by atoms with Gasteiger partial charge in [-0.25, -0.2) is 0 Å². The van der Waals surface area contributed by atoms with Crippen molar-refractivity contribution in [2.45, 2.75) is 72.1 Å². The Balaban J connectivity index is 2.10. The van der Waals surface area contributed by atoms with Gasteiger partial charge in [0.1, 0.15) is 0 Å². The fourth-order valence-electron chi connectivity index (χ4n) is 4.58. The second-order valence-electron chi connectivity index (χ2n) is 7.27. The van der Waals surface area contributed by atoms with Gasteiger partial charge < -0.3 is 4.90 Å². The highest BCUT2D eigenvalue weighted by atomic mass is 15.4. The van der Waals surface area contributed by atoms with Crippen LogP contribution in [0.2, 0.25) is 0 Å². The molecule has 4 rings (SSSR count). The van der Waals surface area contributed by atoms with Crippen LogP contribution in [0.4, 0.5) is 5.69 Å². The van der Waals surface area contributed by atoms with Crippen LogP contribution in [0.15, 0.2) is 12.1 Å². The summed E-state index contributed by atoms with van der Waals surface area (Å²) in [5, 5.41) is 0. The third kappa shape index (κ3) is 1.88. The summed E-state index contributed by atoms with van der Waals surface area (Å²) in [4.78, 5) is 5.37. The summed E-state index contributed by atoms with van der Waals surface area (Å²) < 4.78 is 0. The Kier molecular flexibility index (Phi) is 3.13. The summed E-state index contributed by atoms with van der Waals surface area (Å²) in [6, 6.07) is 5.40. The van der Waals surface area contributed by atoms with Crippen LogP contribution in [-0.2, 0) is 0 Å². The zero-order chi connectivity index (χ0) is 14.7. The van der Waals surface area contributed by atoms with Crippen molar-refractivity contribution in [3.8, 4) is 0 Å². The van der Waals surface area contributed by atoms with Crippen molar-refractivity contribution in [2.24, 2.45) is 0 Å². The molecule has 0 radical (unpaired) electrons. The highest BCUT2D eigenvalue weighted by molar-refractivity contribution is 5.61. The molecule has 3 unspecified atom stereocenters. The van der Waals surface area contributed by atoms with Crippen LogP contribution in [0, 0.1) is 20.8 Å². The van der Waals surface area contributed by atoms with E-state index in [0.717, 1.165) is 0 Å². The normalized spacial score (nSPS) is 36.5. The Bertz CT molecular complexity index is 536. The van der Waals surface area contributed by atoms with Crippen LogP contribution in [0.1, 0.15) is 50.3 Å². The van der Waals surface area contributed by atoms with Gasteiger partial charge in [0, 0.05) is 23.8 Å². The third-order valence-electron chi connectivity index (χ3n) is 5.69. The van der Waals surface area contributed by atoms with Crippen molar-refractivity contribution >= 4 is 5.69 Å². The van der Waals surface area contributed by atoms with E-state index in [1.54, 1.807) is 0 Å². The van der Waals surface area contributed by atoms with E-state index in [9.17, 15) is 0 Å². The van der Waals surface area contributed by atoms with Gasteiger partial charge in [0.15, 0.2) is 0 Å². The quantitative estimate of drug-likeness (QED) is 0.762. The van der Waals surface area contributed by atoms with Crippen molar-refractivity contribution in [3.05, 3.63) is 28.8 Å². The zero-order valence-corrected chi connectivity index (χ0v) is 13.8. The van der Waals surface area contributed by atoms with E-state index >= 15 is 0 Å². The maximum Gasteiger partial charge on any atom is 0.0800 e. The number of hydrogen-bond donors (Lipinski definition) is 0. The lowest BCUT2D eigenvalue weighted by Gasteiger charge is -2.62. The number of piperidine rings is 1. The lowest BCUT2D eigenvalue weighted by molar-refractivity contribution is 0.00476. The molecule has 0 aromatic heterocycles. The monoisotopic (exact) mass is 272 g/mol. The molecule has 1 aromatic carbocycles. The molecule has 3 aliphatic rings. The van der Waals surface area contributed by atoms with E-state index < -0.39 is 0 Å². The number of nitrogens with zero attached hydrogens (tertiary/aromatic N) is 2. The fraction of sp³-hybridized carbons (Fsp3) is 0.667. The molecular weight excluding hydrogens is 244 g/mol. The molecule has 2 heteroatoms. The summed E-state index contributed by atoms with van der Waals surface area (Å²) in [7, 11) is 0. The Morgan fingerprint density at radius 1 is 1.15 bits per heavy atom. The van der Waals surface area contributed by atoms with Gasteiger partial charge in [-0.15, -0.1) is 0 Å². The molecule has 2 nitrogen and oxygen atoms in total. The van der Waals surface area contributed by atoms with Crippen LogP contribution in [0.25, 0.3) is 0 Å². The first-order valence-electron chi connectivity index (χ1n) is 7.96. The van der Waals surface area contributed by atoms with Gasteiger partial charge >= 0.3 is 0 Å². The van der Waals surface area contributed by atoms with E-state index in [-0.39, 0.29) is 0 Å². The van der Waals surface area contributed by atoms with Crippen LogP contribution in [-0.4, -0.2) is 29.2 Å². The standard InChI is InChI=1S/C18H28N2/c1-12-9-13(2)15(4)17(10-12)20-16(5)19-8-7-18(20,6)11-14(19)3/h9-10,14,16H,7-8,11H2,1-6H3/t14?,16-,18?/m0/s1. The lowest BCUT2D eigenvalue weighted by Crippen LogP contribution is -2.71. The molecule has 0 saturated carbocycles. The van der Waals surface area contributed by atoms with Gasteiger partial charge in [0.2, 0.25) is 0 Å². The van der Waals surface area contributed by atoms with Crippen molar-refractivity contribution in [3.63, 3.8) is 0 Å². The van der Waals surface area contributed by atoms with E-state index in [2.05, 4.69) is 63.5 Å². The summed E-state index contributed by atoms with van der Waals surface area (Å²) in [5.41, 5.74) is 6.02. The number of rotatable bonds is 1. The minimum atomic E-state index is 0.318. The van der Waals surface area contributed by atoms with E-state index in [1.807, 2.05) is 0 Å². The van der Waals surface area contributed by atoms with Crippen LogP contribution < -0.4 is 4.90 Å². The molecule has 3 aliphatic heterocycles. The average molecular weight is 272 g/mol. The van der Waals surface area contributed by atoms with Crippen molar-refractivity contribution in [2.75, 3.05) is 11.4 Å². The Morgan fingerprint density at radius 2 is 1.85 bits per heavy atom. The summed E-state index contributed by atoms with van der Waals surface area (Å²) in [6.07, 6.45) is 3.08. The van der Waals surface area contributed by atoms with Gasteiger partial charge in [-0.1, -0.05) is 6.07 Å². The number of fused-ring (bicyclic) bond motifs is 3.